The van der Waals surface area contributed by atoms with E-state index >= 15 is 0 Å². The topological polar surface area (TPSA) is 29.1 Å². The number of hydrogen-bond donors (Lipinski definition) is 1. The van der Waals surface area contributed by atoms with E-state index in [4.69, 9.17) is 0 Å². The molecule has 3 rings (SSSR count). The van der Waals surface area contributed by atoms with Crippen LogP contribution in [-0.2, 0) is 4.79 Å². The monoisotopic (exact) mass is 443 g/mol. The smallest absolute Gasteiger partial charge is 0.228 e. The Morgan fingerprint density at radius 3 is 2.17 bits per heavy atom. The van der Waals surface area contributed by atoms with E-state index in [2.05, 4.69) is 67.0 Å². The minimum Gasteiger partial charge on any atom is -0.353 e. The lowest BCUT2D eigenvalue weighted by atomic mass is 9.43. The third-order valence-electron chi connectivity index (χ3n) is 5.31. The summed E-state index contributed by atoms with van der Waals surface area (Å²) in [7, 11) is 0. The van der Waals surface area contributed by atoms with Crippen LogP contribution in [0.25, 0.3) is 0 Å². The van der Waals surface area contributed by atoms with Gasteiger partial charge in [-0.1, -0.05) is 61.6 Å². The van der Waals surface area contributed by atoms with E-state index in [0.29, 0.717) is 0 Å². The second kappa shape index (κ2) is 4.45. The number of halogens is 3. The average molecular weight is 446 g/mol. The van der Waals surface area contributed by atoms with Gasteiger partial charge in [-0.25, -0.2) is 0 Å². The first-order valence-corrected chi connectivity index (χ1v) is 9.12. The van der Waals surface area contributed by atoms with Gasteiger partial charge >= 0.3 is 0 Å². The van der Waals surface area contributed by atoms with Crippen molar-refractivity contribution in [2.75, 3.05) is 0 Å². The first kappa shape index (κ1) is 15.3. The Bertz CT molecular complexity index is 382. The maximum atomic E-state index is 12.6. The Morgan fingerprint density at radius 1 is 1.28 bits per heavy atom. The van der Waals surface area contributed by atoms with E-state index in [-0.39, 0.29) is 36.8 Å². The summed E-state index contributed by atoms with van der Waals surface area (Å²) in [4.78, 5) is 12.9. The molecule has 3 fully saturated rings. The number of rotatable bonds is 3. The molecule has 2 bridgehead atoms. The fourth-order valence-electron chi connectivity index (χ4n) is 4.09. The molecule has 0 radical (unpaired) electrons. The highest BCUT2D eigenvalue weighted by Crippen LogP contribution is 2.82. The molecule has 0 heterocycles. The van der Waals surface area contributed by atoms with Crippen molar-refractivity contribution in [3.63, 3.8) is 0 Å². The third kappa shape index (κ3) is 1.47. The van der Waals surface area contributed by atoms with Gasteiger partial charge in [0, 0.05) is 16.3 Å². The molecule has 3 unspecified atom stereocenters. The zero-order valence-electron chi connectivity index (χ0n) is 11.2. The Balaban J connectivity index is 2.36. The van der Waals surface area contributed by atoms with Crippen LogP contribution in [0.3, 0.4) is 0 Å². The molecule has 3 aliphatic carbocycles. The summed E-state index contributed by atoms with van der Waals surface area (Å²) in [6.07, 6.45) is 2.03. The molecule has 0 aliphatic heterocycles. The number of fused-ring (bicyclic) bond motifs is 1. The maximum Gasteiger partial charge on any atom is 0.228 e. The summed E-state index contributed by atoms with van der Waals surface area (Å²) in [6, 6.07) is 0.196. The van der Waals surface area contributed by atoms with Gasteiger partial charge in [0.25, 0.3) is 0 Å². The standard InChI is InChI=1S/C13H20Br3NO/c1-7(2)17-10(18)13-6-5-12(8(13)14,9(15)16)11(13,3)4/h7-9H,5-6H2,1-4H3,(H,17,18). The summed E-state index contributed by atoms with van der Waals surface area (Å²) in [5.41, 5.74) is -0.164. The molecule has 18 heavy (non-hydrogen) atoms. The van der Waals surface area contributed by atoms with Crippen molar-refractivity contribution in [1.29, 1.82) is 0 Å². The highest BCUT2D eigenvalue weighted by atomic mass is 79.9. The van der Waals surface area contributed by atoms with Gasteiger partial charge in [0.1, 0.15) is 0 Å². The van der Waals surface area contributed by atoms with E-state index in [0.717, 1.165) is 12.8 Å². The van der Waals surface area contributed by atoms with E-state index in [1.165, 1.54) is 0 Å². The number of amides is 1. The van der Waals surface area contributed by atoms with Crippen LogP contribution in [0.1, 0.15) is 40.5 Å². The molecule has 3 aliphatic rings. The molecule has 2 nitrogen and oxygen atoms in total. The van der Waals surface area contributed by atoms with Crippen LogP contribution in [0.4, 0.5) is 0 Å². The third-order valence-corrected chi connectivity index (χ3v) is 8.54. The molecule has 0 spiro atoms. The molecular weight excluding hydrogens is 426 g/mol. The second-order valence-corrected chi connectivity index (χ2v) is 10.4. The SMILES string of the molecule is CC(C)NC(=O)C12CCC(C(Br)Br)(C1Br)C2(C)C. The van der Waals surface area contributed by atoms with Gasteiger partial charge in [0.15, 0.2) is 0 Å². The summed E-state index contributed by atoms with van der Waals surface area (Å²) >= 11 is 11.2. The average Bonchev–Trinajstić information content (AvgIpc) is 2.66. The molecule has 3 saturated carbocycles. The number of alkyl halides is 3. The zero-order valence-corrected chi connectivity index (χ0v) is 15.9. The van der Waals surface area contributed by atoms with E-state index in [1.54, 1.807) is 0 Å². The van der Waals surface area contributed by atoms with Crippen molar-refractivity contribution in [2.45, 2.75) is 55.1 Å². The van der Waals surface area contributed by atoms with Gasteiger partial charge in [0.05, 0.1) is 9.15 Å². The highest BCUT2D eigenvalue weighted by molar-refractivity contribution is 9.24. The van der Waals surface area contributed by atoms with Gasteiger partial charge in [-0.2, -0.15) is 0 Å². The second-order valence-electron chi connectivity index (χ2n) is 6.43. The van der Waals surface area contributed by atoms with Gasteiger partial charge in [0.2, 0.25) is 5.91 Å². The fourth-order valence-corrected chi connectivity index (χ4v) is 9.00. The van der Waals surface area contributed by atoms with E-state index in [9.17, 15) is 4.79 Å². The Morgan fingerprint density at radius 2 is 1.83 bits per heavy atom. The van der Waals surface area contributed by atoms with Crippen LogP contribution in [0.2, 0.25) is 0 Å². The van der Waals surface area contributed by atoms with Crippen molar-refractivity contribution in [2.24, 2.45) is 16.2 Å². The van der Waals surface area contributed by atoms with Crippen molar-refractivity contribution >= 4 is 53.7 Å². The molecule has 3 atom stereocenters. The zero-order chi connectivity index (χ0) is 13.9. The van der Waals surface area contributed by atoms with Crippen LogP contribution in [-0.4, -0.2) is 20.5 Å². The van der Waals surface area contributed by atoms with Gasteiger partial charge in [-0.05, 0) is 32.1 Å². The highest BCUT2D eigenvalue weighted by Gasteiger charge is 2.83. The van der Waals surface area contributed by atoms with E-state index in [1.807, 2.05) is 13.8 Å². The normalized spacial score (nSPS) is 41.1. The molecule has 0 aromatic carbocycles. The van der Waals surface area contributed by atoms with Crippen LogP contribution in [0.15, 0.2) is 0 Å². The minimum atomic E-state index is -0.267. The molecule has 0 aromatic rings. The summed E-state index contributed by atoms with van der Waals surface area (Å²) < 4.78 is 0.236. The molecule has 5 heteroatoms. The van der Waals surface area contributed by atoms with Gasteiger partial charge in [-0.15, -0.1) is 0 Å². The van der Waals surface area contributed by atoms with Crippen LogP contribution >= 0.6 is 47.8 Å². The van der Waals surface area contributed by atoms with E-state index < -0.39 is 0 Å². The quantitative estimate of drug-likeness (QED) is 0.648. The predicted octanol–water partition coefficient (Wildman–Crippen LogP) is 4.20. The number of nitrogens with one attached hydrogen (secondary N) is 1. The maximum absolute atomic E-state index is 12.6. The fraction of sp³-hybridized carbons (Fsp3) is 0.923. The van der Waals surface area contributed by atoms with Crippen LogP contribution in [0.5, 0.6) is 0 Å². The van der Waals surface area contributed by atoms with Crippen LogP contribution in [0, 0.1) is 16.2 Å². The van der Waals surface area contributed by atoms with Gasteiger partial charge in [-0.3, -0.25) is 4.79 Å². The predicted molar refractivity (Wildman–Crippen MR) is 85.5 cm³/mol. The molecular formula is C13H20Br3NO. The molecule has 0 saturated heterocycles. The Labute approximate surface area is 134 Å². The number of hydrogen-bond acceptors (Lipinski definition) is 1. The lowest BCUT2D eigenvalue weighted by molar-refractivity contribution is -0.162. The summed E-state index contributed by atoms with van der Waals surface area (Å²) in [6.45, 7) is 8.49. The lowest BCUT2D eigenvalue weighted by Gasteiger charge is -2.66. The number of carbonyl (C=O) groups is 1. The largest absolute Gasteiger partial charge is 0.353 e. The first-order chi connectivity index (χ1) is 8.14. The summed E-state index contributed by atoms with van der Waals surface area (Å²) in [5.74, 6) is 0.207. The first-order valence-electron chi connectivity index (χ1n) is 6.38. The van der Waals surface area contributed by atoms with Crippen molar-refractivity contribution in [1.82, 2.24) is 5.32 Å². The molecule has 1 amide bonds. The van der Waals surface area contributed by atoms with Crippen molar-refractivity contribution in [3.05, 3.63) is 0 Å². The summed E-state index contributed by atoms with van der Waals surface area (Å²) in [5, 5.41) is 3.11. The Kier molecular flexibility index (Phi) is 3.79. The number of carbonyl (C=O) groups excluding carboxylic acids is 1. The van der Waals surface area contributed by atoms with Gasteiger partial charge < -0.3 is 5.32 Å². The molecule has 104 valence electrons. The molecule has 0 aromatic heterocycles. The Hall–Kier alpha value is 0.910. The lowest BCUT2D eigenvalue weighted by Crippen LogP contribution is -2.72. The van der Waals surface area contributed by atoms with Crippen LogP contribution < -0.4 is 5.32 Å². The van der Waals surface area contributed by atoms with Crippen molar-refractivity contribution in [3.8, 4) is 0 Å². The minimum absolute atomic E-state index is 0.00912. The molecule has 1 N–H and O–H groups in total. The van der Waals surface area contributed by atoms with Crippen molar-refractivity contribution < 1.29 is 4.79 Å².